The third-order valence-corrected chi connectivity index (χ3v) is 3.65. The van der Waals surface area contributed by atoms with Gasteiger partial charge in [0.15, 0.2) is 0 Å². The maximum Gasteiger partial charge on any atom is 0.299 e. The predicted octanol–water partition coefficient (Wildman–Crippen LogP) is 3.02. The summed E-state index contributed by atoms with van der Waals surface area (Å²) in [5, 5.41) is 3.54. The van der Waals surface area contributed by atoms with E-state index in [1.54, 1.807) is 25.1 Å². The van der Waals surface area contributed by atoms with Crippen molar-refractivity contribution in [2.45, 2.75) is 22.7 Å². The molecule has 0 N–H and O–H groups in total. The van der Waals surface area contributed by atoms with Crippen LogP contribution in [0.5, 0.6) is 0 Å². The average Bonchev–Trinajstić information content (AvgIpc) is 2.27. The summed E-state index contributed by atoms with van der Waals surface area (Å²) in [6.45, 7) is 1.58. The highest BCUT2D eigenvalue weighted by atomic mass is 35.5. The molecule has 1 rings (SSSR count). The number of benzene rings is 1. The molecule has 7 heteroatoms. The summed E-state index contributed by atoms with van der Waals surface area (Å²) in [4.78, 5) is -0.693. The van der Waals surface area contributed by atoms with E-state index in [2.05, 4.69) is 9.63 Å². The maximum absolute atomic E-state index is 11.6. The molecule has 0 bridgehead atoms. The molecule has 4 nitrogen and oxygen atoms in total. The van der Waals surface area contributed by atoms with Gasteiger partial charge in [0.05, 0.1) is 10.9 Å². The molecule has 0 aliphatic carbocycles. The number of halogens is 2. The molecule has 0 heterocycles. The molecular formula is C9H10Cl2N2O2S. The van der Waals surface area contributed by atoms with Crippen LogP contribution in [0.3, 0.4) is 0 Å². The molecule has 1 atom stereocenters. The molecule has 0 fully saturated rings. The predicted molar refractivity (Wildman–Crippen MR) is 63.4 cm³/mol. The summed E-state index contributed by atoms with van der Waals surface area (Å²) in [5.41, 5.74) is 0. The second-order valence-electron chi connectivity index (χ2n) is 3.06. The van der Waals surface area contributed by atoms with Gasteiger partial charge >= 0.3 is 0 Å². The lowest BCUT2D eigenvalue weighted by atomic mass is 10.4. The third kappa shape index (κ3) is 3.73. The van der Waals surface area contributed by atoms with Crippen LogP contribution >= 0.6 is 23.2 Å². The Bertz CT molecular complexity index is 460. The Morgan fingerprint density at radius 2 is 1.75 bits per heavy atom. The van der Waals surface area contributed by atoms with Crippen LogP contribution in [0.15, 0.2) is 44.9 Å². The summed E-state index contributed by atoms with van der Waals surface area (Å²) in [6, 6.07) is 7.25. The summed E-state index contributed by atoms with van der Waals surface area (Å²) < 4.78 is 26.5. The minimum absolute atomic E-state index is 0.0895. The largest absolute Gasteiger partial charge is 0.299 e. The maximum atomic E-state index is 11.6. The Labute approximate surface area is 104 Å². The van der Waals surface area contributed by atoms with Gasteiger partial charge in [-0.1, -0.05) is 22.7 Å². The van der Waals surface area contributed by atoms with E-state index >= 15 is 0 Å². The normalized spacial score (nSPS) is 14.5. The first kappa shape index (κ1) is 13.4. The van der Waals surface area contributed by atoms with Crippen LogP contribution in [0.1, 0.15) is 6.92 Å². The zero-order chi connectivity index (χ0) is 12.2. The van der Waals surface area contributed by atoms with Crippen molar-refractivity contribution in [1.29, 1.82) is 0 Å². The van der Waals surface area contributed by atoms with Crippen LogP contribution in [0.4, 0.5) is 0 Å². The van der Waals surface area contributed by atoms with E-state index in [1.165, 1.54) is 12.1 Å². The molecule has 0 radical (unpaired) electrons. The molecule has 0 saturated heterocycles. The molecule has 16 heavy (non-hydrogen) atoms. The minimum Gasteiger partial charge on any atom is -0.198 e. The van der Waals surface area contributed by atoms with Gasteiger partial charge in [0.25, 0.3) is 10.0 Å². The van der Waals surface area contributed by atoms with E-state index in [0.29, 0.717) is 0 Å². The Hall–Kier alpha value is -0.650. The SMILES string of the molecule is CC(N=NS(=O)(=O)c1ccccc1)C(Cl)Cl. The van der Waals surface area contributed by atoms with E-state index in [-0.39, 0.29) is 4.90 Å². The fourth-order valence-corrected chi connectivity index (χ4v) is 1.80. The summed E-state index contributed by atoms with van der Waals surface area (Å²) in [7, 11) is -3.75. The van der Waals surface area contributed by atoms with E-state index in [0.717, 1.165) is 0 Å². The van der Waals surface area contributed by atoms with Crippen molar-refractivity contribution in [3.63, 3.8) is 0 Å². The zero-order valence-electron chi connectivity index (χ0n) is 8.42. The second kappa shape index (κ2) is 5.61. The molecule has 0 amide bonds. The van der Waals surface area contributed by atoms with Crippen molar-refractivity contribution in [1.82, 2.24) is 0 Å². The molecule has 0 aliphatic heterocycles. The first-order chi connectivity index (χ1) is 7.43. The van der Waals surface area contributed by atoms with Gasteiger partial charge < -0.3 is 0 Å². The zero-order valence-corrected chi connectivity index (χ0v) is 10.7. The third-order valence-electron chi connectivity index (χ3n) is 1.74. The van der Waals surface area contributed by atoms with Crippen molar-refractivity contribution in [3.05, 3.63) is 30.3 Å². The Balaban J connectivity index is 2.89. The van der Waals surface area contributed by atoms with Gasteiger partial charge in [0, 0.05) is 0 Å². The van der Waals surface area contributed by atoms with Crippen LogP contribution in [-0.4, -0.2) is 19.3 Å². The lowest BCUT2D eigenvalue weighted by Gasteiger charge is -2.03. The molecule has 1 aromatic carbocycles. The van der Waals surface area contributed by atoms with Crippen LogP contribution in [0.2, 0.25) is 0 Å². The van der Waals surface area contributed by atoms with Gasteiger partial charge in [0.2, 0.25) is 0 Å². The van der Waals surface area contributed by atoms with Crippen molar-refractivity contribution in [3.8, 4) is 0 Å². The molecule has 1 aromatic rings. The number of nitrogens with zero attached hydrogens (tertiary/aromatic N) is 2. The first-order valence-electron chi connectivity index (χ1n) is 4.44. The highest BCUT2D eigenvalue weighted by Crippen LogP contribution is 2.15. The Kier molecular flexibility index (Phi) is 4.70. The van der Waals surface area contributed by atoms with Crippen LogP contribution in [0.25, 0.3) is 0 Å². The lowest BCUT2D eigenvalue weighted by Crippen LogP contribution is -2.08. The highest BCUT2D eigenvalue weighted by molar-refractivity contribution is 7.90. The topological polar surface area (TPSA) is 58.9 Å². The van der Waals surface area contributed by atoms with Crippen molar-refractivity contribution in [2.75, 3.05) is 0 Å². The van der Waals surface area contributed by atoms with Crippen LogP contribution in [0, 0.1) is 0 Å². The summed E-state index contributed by atoms with van der Waals surface area (Å²) >= 11 is 11.0. The Morgan fingerprint density at radius 1 is 1.19 bits per heavy atom. The molecule has 0 spiro atoms. The van der Waals surface area contributed by atoms with Crippen molar-refractivity contribution in [2.24, 2.45) is 9.63 Å². The standard InChI is InChI=1S/C9H10Cl2N2O2S/c1-7(9(10)11)12-13-16(14,15)8-5-3-2-4-6-8/h2-7,9H,1H3. The van der Waals surface area contributed by atoms with E-state index < -0.39 is 20.9 Å². The summed E-state index contributed by atoms with van der Waals surface area (Å²) in [5.74, 6) is 0. The molecular weight excluding hydrogens is 271 g/mol. The number of hydrogen-bond acceptors (Lipinski definition) is 3. The van der Waals surface area contributed by atoms with E-state index in [1.807, 2.05) is 0 Å². The fourth-order valence-electron chi connectivity index (χ4n) is 0.826. The average molecular weight is 281 g/mol. The van der Waals surface area contributed by atoms with Crippen molar-refractivity contribution >= 4 is 33.2 Å². The number of hydrogen-bond donors (Lipinski definition) is 0. The molecule has 0 saturated carbocycles. The molecule has 0 aliphatic rings. The second-order valence-corrected chi connectivity index (χ2v) is 5.81. The highest BCUT2D eigenvalue weighted by Gasteiger charge is 2.14. The van der Waals surface area contributed by atoms with Gasteiger partial charge in [0.1, 0.15) is 4.84 Å². The van der Waals surface area contributed by atoms with Crippen LogP contribution in [-0.2, 0) is 10.0 Å². The van der Waals surface area contributed by atoms with Gasteiger partial charge in [-0.25, -0.2) is 0 Å². The smallest absolute Gasteiger partial charge is 0.198 e. The molecule has 0 aromatic heterocycles. The number of rotatable bonds is 4. The van der Waals surface area contributed by atoms with Crippen molar-refractivity contribution < 1.29 is 8.42 Å². The fraction of sp³-hybridized carbons (Fsp3) is 0.333. The van der Waals surface area contributed by atoms with E-state index in [9.17, 15) is 8.42 Å². The molecule has 88 valence electrons. The Morgan fingerprint density at radius 3 is 2.25 bits per heavy atom. The monoisotopic (exact) mass is 280 g/mol. The van der Waals surface area contributed by atoms with Gasteiger partial charge in [-0.05, 0) is 19.1 Å². The lowest BCUT2D eigenvalue weighted by molar-refractivity contribution is 0.591. The van der Waals surface area contributed by atoms with E-state index in [4.69, 9.17) is 23.2 Å². The quantitative estimate of drug-likeness (QED) is 0.629. The molecule has 1 unspecified atom stereocenters. The number of alkyl halides is 2. The van der Waals surface area contributed by atoms with Gasteiger partial charge in [-0.3, -0.25) is 0 Å². The first-order valence-corrected chi connectivity index (χ1v) is 6.75. The van der Waals surface area contributed by atoms with Crippen LogP contribution < -0.4 is 0 Å². The summed E-state index contributed by atoms with van der Waals surface area (Å²) in [6.07, 6.45) is 0. The van der Waals surface area contributed by atoms with Gasteiger partial charge in [-0.2, -0.15) is 13.5 Å². The van der Waals surface area contributed by atoms with Gasteiger partial charge in [-0.15, -0.1) is 23.2 Å². The number of sulfonamides is 1. The minimum atomic E-state index is -3.75.